The summed E-state index contributed by atoms with van der Waals surface area (Å²) in [5.41, 5.74) is 3.05. The van der Waals surface area contributed by atoms with E-state index in [4.69, 9.17) is 9.47 Å². The van der Waals surface area contributed by atoms with E-state index in [0.29, 0.717) is 52.1 Å². The van der Waals surface area contributed by atoms with Crippen LogP contribution in [0, 0.1) is 29.6 Å². The van der Waals surface area contributed by atoms with Crippen molar-refractivity contribution in [2.45, 2.75) is 79.1 Å². The van der Waals surface area contributed by atoms with Crippen LogP contribution in [0.2, 0.25) is 0 Å². The summed E-state index contributed by atoms with van der Waals surface area (Å²) in [4.78, 5) is 14.1. The predicted molar refractivity (Wildman–Crippen MR) is 156 cm³/mol. The first-order chi connectivity index (χ1) is 18.6. The van der Waals surface area contributed by atoms with Gasteiger partial charge in [0.25, 0.3) is 0 Å². The summed E-state index contributed by atoms with van der Waals surface area (Å²) in [6.07, 6.45) is 2.92. The largest absolute Gasteiger partial charge is 0.490 e. The van der Waals surface area contributed by atoms with Gasteiger partial charge in [-0.05, 0) is 74.6 Å². The van der Waals surface area contributed by atoms with Crippen molar-refractivity contribution in [3.8, 4) is 17.6 Å². The summed E-state index contributed by atoms with van der Waals surface area (Å²) in [6.45, 7) is 14.2. The summed E-state index contributed by atoms with van der Waals surface area (Å²) in [6, 6.07) is 8.17. The SMILES string of the molecule is CCOc1cc(C)ccc1OCc1nnc(SCC(=O)Nc2sc3c(c2C#N)CC[C@@H](C(C)(C)C)C3)n1CC. The molecule has 1 aromatic carbocycles. The Kier molecular flexibility index (Phi) is 9.23. The number of carbonyl (C=O) groups excluding carboxylic acids is 1. The average molecular weight is 568 g/mol. The van der Waals surface area contributed by atoms with Crippen molar-refractivity contribution in [1.82, 2.24) is 14.8 Å². The molecule has 0 spiro atoms. The minimum Gasteiger partial charge on any atom is -0.490 e. The minimum absolute atomic E-state index is 0.160. The number of fused-ring (bicyclic) bond motifs is 1. The number of hydrogen-bond acceptors (Lipinski definition) is 8. The van der Waals surface area contributed by atoms with Gasteiger partial charge < -0.3 is 19.4 Å². The van der Waals surface area contributed by atoms with E-state index in [2.05, 4.69) is 42.4 Å². The van der Waals surface area contributed by atoms with Crippen molar-refractivity contribution in [3.05, 3.63) is 45.6 Å². The maximum Gasteiger partial charge on any atom is 0.235 e. The number of nitrogens with one attached hydrogen (secondary N) is 1. The molecule has 10 heteroatoms. The number of thiophene rings is 1. The average Bonchev–Trinajstić information content (AvgIpc) is 3.45. The Bertz CT molecular complexity index is 1370. The fraction of sp³-hybridized carbons (Fsp3) is 0.517. The normalized spacial score (nSPS) is 14.9. The first-order valence-electron chi connectivity index (χ1n) is 13.4. The van der Waals surface area contributed by atoms with Gasteiger partial charge in [-0.2, -0.15) is 5.26 Å². The zero-order valence-electron chi connectivity index (χ0n) is 23.6. The van der Waals surface area contributed by atoms with E-state index >= 15 is 0 Å². The maximum atomic E-state index is 12.9. The molecule has 2 aromatic heterocycles. The second-order valence-electron chi connectivity index (χ2n) is 10.8. The van der Waals surface area contributed by atoms with Gasteiger partial charge >= 0.3 is 0 Å². The lowest BCUT2D eigenvalue weighted by Crippen LogP contribution is -2.26. The number of hydrogen-bond donors (Lipinski definition) is 1. The van der Waals surface area contributed by atoms with Crippen LogP contribution in [-0.2, 0) is 30.8 Å². The third-order valence-electron chi connectivity index (χ3n) is 7.05. The van der Waals surface area contributed by atoms with E-state index in [0.717, 1.165) is 30.4 Å². The molecule has 1 aliphatic rings. The molecule has 1 atom stereocenters. The first kappa shape index (κ1) is 29.0. The Morgan fingerprint density at radius 2 is 2.05 bits per heavy atom. The highest BCUT2D eigenvalue weighted by Crippen LogP contribution is 2.44. The molecule has 1 N–H and O–H groups in total. The minimum atomic E-state index is -0.160. The highest BCUT2D eigenvalue weighted by Gasteiger charge is 2.32. The van der Waals surface area contributed by atoms with Crippen LogP contribution in [0.1, 0.15) is 68.4 Å². The van der Waals surface area contributed by atoms with Crippen LogP contribution in [0.15, 0.2) is 23.4 Å². The quantitative estimate of drug-likeness (QED) is 0.283. The Balaban J connectivity index is 1.39. The second kappa shape index (κ2) is 12.4. The fourth-order valence-corrected chi connectivity index (χ4v) is 6.93. The van der Waals surface area contributed by atoms with Gasteiger partial charge in [-0.3, -0.25) is 4.79 Å². The number of nitrogens with zero attached hydrogens (tertiary/aromatic N) is 4. The van der Waals surface area contributed by atoms with Crippen LogP contribution >= 0.6 is 23.1 Å². The van der Waals surface area contributed by atoms with Crippen LogP contribution in [0.4, 0.5) is 5.00 Å². The molecule has 4 rings (SSSR count). The number of benzene rings is 1. The van der Waals surface area contributed by atoms with E-state index in [-0.39, 0.29) is 23.7 Å². The zero-order chi connectivity index (χ0) is 28.2. The monoisotopic (exact) mass is 567 g/mol. The third-order valence-corrected chi connectivity index (χ3v) is 9.19. The Morgan fingerprint density at radius 3 is 2.74 bits per heavy atom. The van der Waals surface area contributed by atoms with E-state index in [1.54, 1.807) is 11.3 Å². The van der Waals surface area contributed by atoms with Gasteiger partial charge in [0.1, 0.15) is 17.7 Å². The van der Waals surface area contributed by atoms with Crippen molar-refractivity contribution in [3.63, 3.8) is 0 Å². The molecule has 1 aliphatic carbocycles. The smallest absolute Gasteiger partial charge is 0.235 e. The first-order valence-corrected chi connectivity index (χ1v) is 15.2. The number of amides is 1. The number of anilines is 1. The van der Waals surface area contributed by atoms with Crippen molar-refractivity contribution < 1.29 is 14.3 Å². The molecule has 0 unspecified atom stereocenters. The fourth-order valence-electron chi connectivity index (χ4n) is 4.82. The Labute approximate surface area is 239 Å². The summed E-state index contributed by atoms with van der Waals surface area (Å²) in [5, 5.41) is 22.8. The molecule has 0 aliphatic heterocycles. The van der Waals surface area contributed by atoms with Gasteiger partial charge in [0.05, 0.1) is 17.9 Å². The van der Waals surface area contributed by atoms with Crippen molar-refractivity contribution in [2.24, 2.45) is 11.3 Å². The van der Waals surface area contributed by atoms with Gasteiger partial charge in [0.2, 0.25) is 5.91 Å². The molecular formula is C29H37N5O3S2. The third kappa shape index (κ3) is 6.76. The van der Waals surface area contributed by atoms with E-state index in [1.165, 1.54) is 16.6 Å². The molecule has 0 saturated heterocycles. The highest BCUT2D eigenvalue weighted by atomic mass is 32.2. The molecule has 208 valence electrons. The molecule has 2 heterocycles. The summed E-state index contributed by atoms with van der Waals surface area (Å²) in [5.74, 6) is 2.62. The molecule has 1 amide bonds. The topological polar surface area (TPSA) is 102 Å². The summed E-state index contributed by atoms with van der Waals surface area (Å²) >= 11 is 2.88. The van der Waals surface area contributed by atoms with Crippen LogP contribution in [0.3, 0.4) is 0 Å². The molecule has 0 radical (unpaired) electrons. The number of nitriles is 1. The lowest BCUT2D eigenvalue weighted by molar-refractivity contribution is -0.113. The lowest BCUT2D eigenvalue weighted by atomic mass is 9.72. The Hall–Kier alpha value is -3.03. The summed E-state index contributed by atoms with van der Waals surface area (Å²) in [7, 11) is 0. The van der Waals surface area contributed by atoms with Gasteiger partial charge in [0.15, 0.2) is 22.5 Å². The van der Waals surface area contributed by atoms with Crippen molar-refractivity contribution >= 4 is 34.0 Å². The van der Waals surface area contributed by atoms with Crippen LogP contribution < -0.4 is 14.8 Å². The molecular weight excluding hydrogens is 530 g/mol. The second-order valence-corrected chi connectivity index (χ2v) is 12.8. The molecule has 3 aromatic rings. The molecule has 8 nitrogen and oxygen atoms in total. The van der Waals surface area contributed by atoms with E-state index in [1.807, 2.05) is 43.5 Å². The van der Waals surface area contributed by atoms with Crippen LogP contribution in [-0.4, -0.2) is 33.0 Å². The molecule has 0 fully saturated rings. The van der Waals surface area contributed by atoms with Crippen molar-refractivity contribution in [2.75, 3.05) is 17.7 Å². The predicted octanol–water partition coefficient (Wildman–Crippen LogP) is 6.40. The molecule has 0 saturated carbocycles. The molecule has 39 heavy (non-hydrogen) atoms. The number of carbonyl (C=O) groups is 1. The van der Waals surface area contributed by atoms with Gasteiger partial charge in [-0.25, -0.2) is 0 Å². The number of aryl methyl sites for hydroxylation is 1. The number of ether oxygens (including phenoxy) is 2. The summed E-state index contributed by atoms with van der Waals surface area (Å²) < 4.78 is 13.7. The molecule has 0 bridgehead atoms. The Morgan fingerprint density at radius 1 is 1.26 bits per heavy atom. The van der Waals surface area contributed by atoms with Gasteiger partial charge in [0, 0.05) is 11.4 Å². The lowest BCUT2D eigenvalue weighted by Gasteiger charge is -2.33. The zero-order valence-corrected chi connectivity index (χ0v) is 25.2. The maximum absolute atomic E-state index is 12.9. The van der Waals surface area contributed by atoms with Gasteiger partial charge in [-0.15, -0.1) is 21.5 Å². The van der Waals surface area contributed by atoms with Gasteiger partial charge in [-0.1, -0.05) is 38.6 Å². The van der Waals surface area contributed by atoms with Crippen LogP contribution in [0.5, 0.6) is 11.5 Å². The highest BCUT2D eigenvalue weighted by molar-refractivity contribution is 7.99. The van der Waals surface area contributed by atoms with Crippen molar-refractivity contribution in [1.29, 1.82) is 5.26 Å². The number of rotatable bonds is 10. The van der Waals surface area contributed by atoms with Crippen LogP contribution in [0.25, 0.3) is 0 Å². The van der Waals surface area contributed by atoms with E-state index < -0.39 is 0 Å². The standard InChI is InChI=1S/C29H37N5O3S2/c1-7-34-25(16-37-22-12-9-18(3)13-23(22)36-8-2)32-33-28(34)38-17-26(35)31-27-21(15-30)20-11-10-19(29(4,5)6)14-24(20)39-27/h9,12-13,19H,7-8,10-11,14,16-17H2,1-6H3,(H,31,35)/t19-/m1/s1. The number of thioether (sulfide) groups is 1. The number of aromatic nitrogens is 3. The van der Waals surface area contributed by atoms with E-state index in [9.17, 15) is 10.1 Å².